The molecule has 0 amide bonds. The van der Waals surface area contributed by atoms with Crippen molar-refractivity contribution in [2.24, 2.45) is 0 Å². The molecule has 1 N–H and O–H groups in total. The molecule has 1 aromatic carbocycles. The van der Waals surface area contributed by atoms with Crippen LogP contribution in [0.2, 0.25) is 5.02 Å². The number of nitrogens with zero attached hydrogens (tertiary/aromatic N) is 1. The molecule has 2 unspecified atom stereocenters. The van der Waals surface area contributed by atoms with Gasteiger partial charge in [-0.1, -0.05) is 11.6 Å². The van der Waals surface area contributed by atoms with Gasteiger partial charge in [-0.25, -0.2) is 0 Å². The number of benzene rings is 1. The molecule has 1 aromatic rings. The van der Waals surface area contributed by atoms with E-state index in [1.807, 2.05) is 12.1 Å². The Morgan fingerprint density at radius 3 is 2.20 bits per heavy atom. The molecule has 1 saturated heterocycles. The lowest BCUT2D eigenvalue weighted by Gasteiger charge is -2.41. The van der Waals surface area contributed by atoms with Gasteiger partial charge in [0.15, 0.2) is 0 Å². The summed E-state index contributed by atoms with van der Waals surface area (Å²) in [6, 6.07) is 9.18. The second-order valence-corrected chi connectivity index (χ2v) is 4.68. The second kappa shape index (κ2) is 4.42. The van der Waals surface area contributed by atoms with Crippen LogP contribution < -0.4 is 10.2 Å². The Bertz CT molecular complexity index is 313. The van der Waals surface area contributed by atoms with Gasteiger partial charge in [-0.15, -0.1) is 0 Å². The van der Waals surface area contributed by atoms with Crippen LogP contribution in [0.25, 0.3) is 0 Å². The molecule has 0 spiro atoms. The van der Waals surface area contributed by atoms with Crippen LogP contribution in [0, 0.1) is 0 Å². The number of anilines is 1. The third kappa shape index (κ3) is 2.27. The predicted octanol–water partition coefficient (Wildman–Crippen LogP) is 2.53. The van der Waals surface area contributed by atoms with E-state index in [2.05, 4.69) is 36.2 Å². The van der Waals surface area contributed by atoms with Crippen LogP contribution in [0.3, 0.4) is 0 Å². The predicted molar refractivity (Wildman–Crippen MR) is 65.7 cm³/mol. The highest BCUT2D eigenvalue weighted by molar-refractivity contribution is 6.30. The zero-order valence-electron chi connectivity index (χ0n) is 9.20. The molecule has 0 saturated carbocycles. The first-order valence-corrected chi connectivity index (χ1v) is 5.81. The maximum atomic E-state index is 5.89. The molecule has 3 heteroatoms. The van der Waals surface area contributed by atoms with Crippen molar-refractivity contribution in [3.05, 3.63) is 29.3 Å². The zero-order valence-corrected chi connectivity index (χ0v) is 9.96. The molecule has 82 valence electrons. The fourth-order valence-corrected chi connectivity index (χ4v) is 2.38. The molecule has 0 aliphatic carbocycles. The number of piperazine rings is 1. The summed E-state index contributed by atoms with van der Waals surface area (Å²) >= 11 is 5.89. The summed E-state index contributed by atoms with van der Waals surface area (Å²) in [4.78, 5) is 2.45. The summed E-state index contributed by atoms with van der Waals surface area (Å²) < 4.78 is 0. The van der Waals surface area contributed by atoms with Crippen LogP contribution in [0.15, 0.2) is 24.3 Å². The summed E-state index contributed by atoms with van der Waals surface area (Å²) in [5, 5.41) is 4.23. The number of hydrogen-bond donors (Lipinski definition) is 1. The number of halogens is 1. The lowest BCUT2D eigenvalue weighted by Crippen LogP contribution is -2.55. The van der Waals surface area contributed by atoms with Gasteiger partial charge >= 0.3 is 0 Å². The summed E-state index contributed by atoms with van der Waals surface area (Å²) in [6.07, 6.45) is 0. The Morgan fingerprint density at radius 2 is 1.67 bits per heavy atom. The fourth-order valence-electron chi connectivity index (χ4n) is 2.25. The molecule has 1 aliphatic rings. The average molecular weight is 225 g/mol. The third-order valence-electron chi connectivity index (χ3n) is 2.95. The second-order valence-electron chi connectivity index (χ2n) is 4.24. The standard InChI is InChI=1S/C12H17ClN2/c1-9-7-14-8-10(2)15(9)12-5-3-11(13)4-6-12/h3-6,9-10,14H,7-8H2,1-2H3. The molecule has 2 atom stereocenters. The molecule has 0 bridgehead atoms. The van der Waals surface area contributed by atoms with E-state index in [9.17, 15) is 0 Å². The monoisotopic (exact) mass is 224 g/mol. The van der Waals surface area contributed by atoms with E-state index in [1.54, 1.807) is 0 Å². The topological polar surface area (TPSA) is 15.3 Å². The highest BCUT2D eigenvalue weighted by Crippen LogP contribution is 2.23. The van der Waals surface area contributed by atoms with Crippen LogP contribution in [-0.2, 0) is 0 Å². The largest absolute Gasteiger partial charge is 0.364 e. The number of rotatable bonds is 1. The van der Waals surface area contributed by atoms with Gasteiger partial charge in [0.25, 0.3) is 0 Å². The summed E-state index contributed by atoms with van der Waals surface area (Å²) in [5.74, 6) is 0. The van der Waals surface area contributed by atoms with Gasteiger partial charge in [-0.05, 0) is 38.1 Å². The van der Waals surface area contributed by atoms with E-state index < -0.39 is 0 Å². The number of nitrogens with one attached hydrogen (secondary N) is 1. The van der Waals surface area contributed by atoms with Crippen molar-refractivity contribution in [3.8, 4) is 0 Å². The zero-order chi connectivity index (χ0) is 10.8. The molecule has 0 aromatic heterocycles. The Balaban J connectivity index is 2.23. The molecule has 0 radical (unpaired) electrons. The summed E-state index contributed by atoms with van der Waals surface area (Å²) in [6.45, 7) is 6.59. The van der Waals surface area contributed by atoms with Crippen molar-refractivity contribution in [2.75, 3.05) is 18.0 Å². The lowest BCUT2D eigenvalue weighted by atomic mass is 10.1. The SMILES string of the molecule is CC1CNCC(C)N1c1ccc(Cl)cc1. The maximum absolute atomic E-state index is 5.89. The first-order chi connectivity index (χ1) is 7.18. The van der Waals surface area contributed by atoms with E-state index in [4.69, 9.17) is 11.6 Å². The summed E-state index contributed by atoms with van der Waals surface area (Å²) in [7, 11) is 0. The van der Waals surface area contributed by atoms with Crippen LogP contribution in [-0.4, -0.2) is 25.2 Å². The van der Waals surface area contributed by atoms with Gasteiger partial charge < -0.3 is 10.2 Å². The average Bonchev–Trinajstić information content (AvgIpc) is 2.20. The van der Waals surface area contributed by atoms with Crippen molar-refractivity contribution < 1.29 is 0 Å². The van der Waals surface area contributed by atoms with Crippen LogP contribution in [0.4, 0.5) is 5.69 Å². The van der Waals surface area contributed by atoms with E-state index in [0.717, 1.165) is 18.1 Å². The first-order valence-electron chi connectivity index (χ1n) is 5.43. The molecular formula is C12H17ClN2. The van der Waals surface area contributed by atoms with Crippen LogP contribution in [0.1, 0.15) is 13.8 Å². The Morgan fingerprint density at radius 1 is 1.13 bits per heavy atom. The molecule has 1 fully saturated rings. The van der Waals surface area contributed by atoms with E-state index >= 15 is 0 Å². The smallest absolute Gasteiger partial charge is 0.0407 e. The van der Waals surface area contributed by atoms with Gasteiger partial charge in [0.1, 0.15) is 0 Å². The minimum absolute atomic E-state index is 0.537. The van der Waals surface area contributed by atoms with Crippen LogP contribution in [0.5, 0.6) is 0 Å². The Hall–Kier alpha value is -0.730. The Kier molecular flexibility index (Phi) is 3.17. The molecule has 1 heterocycles. The van der Waals surface area contributed by atoms with Gasteiger partial charge in [-0.2, -0.15) is 0 Å². The maximum Gasteiger partial charge on any atom is 0.0407 e. The quantitative estimate of drug-likeness (QED) is 0.789. The summed E-state index contributed by atoms with van der Waals surface area (Å²) in [5.41, 5.74) is 1.26. The van der Waals surface area contributed by atoms with E-state index in [1.165, 1.54) is 5.69 Å². The molecule has 1 aliphatic heterocycles. The molecular weight excluding hydrogens is 208 g/mol. The van der Waals surface area contributed by atoms with Gasteiger partial charge in [0.05, 0.1) is 0 Å². The Labute approximate surface area is 96.2 Å². The van der Waals surface area contributed by atoms with Gasteiger partial charge in [0.2, 0.25) is 0 Å². The first kappa shape index (κ1) is 10.8. The van der Waals surface area contributed by atoms with Crippen LogP contribution >= 0.6 is 11.6 Å². The van der Waals surface area contributed by atoms with Crippen molar-refractivity contribution in [1.29, 1.82) is 0 Å². The highest BCUT2D eigenvalue weighted by atomic mass is 35.5. The normalized spacial score (nSPS) is 26.7. The van der Waals surface area contributed by atoms with Crippen molar-refractivity contribution in [1.82, 2.24) is 5.32 Å². The highest BCUT2D eigenvalue weighted by Gasteiger charge is 2.24. The molecule has 15 heavy (non-hydrogen) atoms. The minimum atomic E-state index is 0.537. The van der Waals surface area contributed by atoms with Crippen molar-refractivity contribution >= 4 is 17.3 Å². The third-order valence-corrected chi connectivity index (χ3v) is 3.21. The van der Waals surface area contributed by atoms with Crippen molar-refractivity contribution in [3.63, 3.8) is 0 Å². The van der Waals surface area contributed by atoms with Crippen molar-refractivity contribution in [2.45, 2.75) is 25.9 Å². The lowest BCUT2D eigenvalue weighted by molar-refractivity contribution is 0.432. The number of hydrogen-bond acceptors (Lipinski definition) is 2. The van der Waals surface area contributed by atoms with Gasteiger partial charge in [0, 0.05) is 35.9 Å². The van der Waals surface area contributed by atoms with E-state index in [0.29, 0.717) is 12.1 Å². The van der Waals surface area contributed by atoms with Gasteiger partial charge in [-0.3, -0.25) is 0 Å². The van der Waals surface area contributed by atoms with E-state index in [-0.39, 0.29) is 0 Å². The molecule has 2 rings (SSSR count). The fraction of sp³-hybridized carbons (Fsp3) is 0.500. The minimum Gasteiger partial charge on any atom is -0.364 e. The molecule has 2 nitrogen and oxygen atoms in total.